The fourth-order valence-electron chi connectivity index (χ4n) is 3.27. The molecule has 0 saturated carbocycles. The van der Waals surface area contributed by atoms with E-state index in [2.05, 4.69) is 6.58 Å². The van der Waals surface area contributed by atoms with E-state index in [1.807, 2.05) is 6.07 Å². The number of hydrogen-bond donors (Lipinski definition) is 0. The van der Waals surface area contributed by atoms with Crippen LogP contribution in [-0.4, -0.2) is 46.8 Å². The smallest absolute Gasteiger partial charge is 0.355 e. The van der Waals surface area contributed by atoms with E-state index in [1.165, 1.54) is 4.90 Å². The molecule has 0 atom stereocenters. The zero-order valence-electron chi connectivity index (χ0n) is 16.8. The maximum absolute atomic E-state index is 13.1. The number of hydrogen-bond acceptors (Lipinski definition) is 4. The standard InChI is InChI=1S/C22H26N2O4/c1-6-13-24(21(26)17-11-9-8-10-12-17)14-18(25)19-15(3)20(22(27)28-7-2)23(5)16(19)4/h6,8-12H,1,7,13-14H2,2-5H3. The Morgan fingerprint density at radius 2 is 1.82 bits per heavy atom. The van der Waals surface area contributed by atoms with Gasteiger partial charge in [-0.05, 0) is 38.5 Å². The van der Waals surface area contributed by atoms with Gasteiger partial charge in [-0.2, -0.15) is 0 Å². The summed E-state index contributed by atoms with van der Waals surface area (Å²) in [6.45, 7) is 9.32. The highest BCUT2D eigenvalue weighted by Gasteiger charge is 2.27. The van der Waals surface area contributed by atoms with Crippen molar-refractivity contribution >= 4 is 17.7 Å². The molecule has 0 unspecified atom stereocenters. The molecule has 28 heavy (non-hydrogen) atoms. The number of benzene rings is 1. The van der Waals surface area contributed by atoms with E-state index in [-0.39, 0.29) is 31.4 Å². The van der Waals surface area contributed by atoms with Gasteiger partial charge in [0.15, 0.2) is 5.78 Å². The molecule has 6 heteroatoms. The van der Waals surface area contributed by atoms with Crippen molar-refractivity contribution < 1.29 is 19.1 Å². The average Bonchev–Trinajstić information content (AvgIpc) is 2.90. The summed E-state index contributed by atoms with van der Waals surface area (Å²) in [4.78, 5) is 39.5. The van der Waals surface area contributed by atoms with Crippen molar-refractivity contribution in [2.75, 3.05) is 19.7 Å². The summed E-state index contributed by atoms with van der Waals surface area (Å²) in [6, 6.07) is 8.80. The third-order valence-electron chi connectivity index (χ3n) is 4.67. The number of esters is 1. The number of rotatable bonds is 8. The first-order chi connectivity index (χ1) is 13.3. The van der Waals surface area contributed by atoms with E-state index in [4.69, 9.17) is 4.74 Å². The molecule has 0 N–H and O–H groups in total. The minimum Gasteiger partial charge on any atom is -0.461 e. The van der Waals surface area contributed by atoms with E-state index in [0.29, 0.717) is 28.1 Å². The monoisotopic (exact) mass is 382 g/mol. The molecule has 0 spiro atoms. The van der Waals surface area contributed by atoms with E-state index in [0.717, 1.165) is 0 Å². The molecular weight excluding hydrogens is 356 g/mol. The van der Waals surface area contributed by atoms with Crippen molar-refractivity contribution in [2.45, 2.75) is 20.8 Å². The molecule has 2 rings (SSSR count). The number of ether oxygens (including phenoxy) is 1. The highest BCUT2D eigenvalue weighted by atomic mass is 16.5. The van der Waals surface area contributed by atoms with Gasteiger partial charge in [0.1, 0.15) is 5.69 Å². The van der Waals surface area contributed by atoms with Crippen LogP contribution in [0.25, 0.3) is 0 Å². The first-order valence-electron chi connectivity index (χ1n) is 9.14. The lowest BCUT2D eigenvalue weighted by Crippen LogP contribution is -2.36. The molecule has 2 aromatic rings. The first-order valence-corrected chi connectivity index (χ1v) is 9.14. The number of aromatic nitrogens is 1. The Morgan fingerprint density at radius 1 is 1.18 bits per heavy atom. The van der Waals surface area contributed by atoms with Crippen molar-refractivity contribution in [3.05, 3.63) is 71.1 Å². The van der Waals surface area contributed by atoms with Crippen LogP contribution in [0.5, 0.6) is 0 Å². The molecule has 0 bridgehead atoms. The molecule has 148 valence electrons. The van der Waals surface area contributed by atoms with Crippen molar-refractivity contribution in [1.82, 2.24) is 9.47 Å². The molecule has 6 nitrogen and oxygen atoms in total. The lowest BCUT2D eigenvalue weighted by Gasteiger charge is -2.20. The van der Waals surface area contributed by atoms with E-state index >= 15 is 0 Å². The molecule has 1 aromatic heterocycles. The van der Waals surface area contributed by atoms with Crippen LogP contribution >= 0.6 is 0 Å². The van der Waals surface area contributed by atoms with Crippen LogP contribution in [0, 0.1) is 13.8 Å². The Hall–Kier alpha value is -3.15. The summed E-state index contributed by atoms with van der Waals surface area (Å²) in [5.41, 5.74) is 2.53. The maximum atomic E-state index is 13.1. The second-order valence-electron chi connectivity index (χ2n) is 6.48. The summed E-state index contributed by atoms with van der Waals surface area (Å²) < 4.78 is 6.77. The second-order valence-corrected chi connectivity index (χ2v) is 6.48. The van der Waals surface area contributed by atoms with Crippen molar-refractivity contribution in [1.29, 1.82) is 0 Å². The molecular formula is C22H26N2O4. The number of nitrogens with zero attached hydrogens (tertiary/aromatic N) is 2. The van der Waals surface area contributed by atoms with Crippen LogP contribution in [0.4, 0.5) is 0 Å². The Morgan fingerprint density at radius 3 is 2.39 bits per heavy atom. The number of ketones is 1. The van der Waals surface area contributed by atoms with Gasteiger partial charge in [0, 0.05) is 30.4 Å². The molecule has 0 aliphatic carbocycles. The van der Waals surface area contributed by atoms with Gasteiger partial charge in [0.2, 0.25) is 0 Å². The van der Waals surface area contributed by atoms with Crippen molar-refractivity contribution in [2.24, 2.45) is 7.05 Å². The second kappa shape index (κ2) is 9.17. The third-order valence-corrected chi connectivity index (χ3v) is 4.67. The van der Waals surface area contributed by atoms with Crippen LogP contribution in [0.15, 0.2) is 43.0 Å². The number of amides is 1. The topological polar surface area (TPSA) is 68.6 Å². The highest BCUT2D eigenvalue weighted by Crippen LogP contribution is 2.23. The lowest BCUT2D eigenvalue weighted by molar-refractivity contribution is 0.0514. The Labute approximate surface area is 165 Å². The van der Waals surface area contributed by atoms with Crippen LogP contribution in [0.1, 0.15) is 49.4 Å². The Kier molecular flexibility index (Phi) is 6.93. The van der Waals surface area contributed by atoms with Gasteiger partial charge in [0.25, 0.3) is 5.91 Å². The van der Waals surface area contributed by atoms with Gasteiger partial charge >= 0.3 is 5.97 Å². The minimum atomic E-state index is -0.465. The number of carbonyl (C=O) groups excluding carboxylic acids is 3. The molecule has 1 aromatic carbocycles. The largest absolute Gasteiger partial charge is 0.461 e. The third kappa shape index (κ3) is 4.22. The van der Waals surface area contributed by atoms with Crippen molar-refractivity contribution in [3.63, 3.8) is 0 Å². The maximum Gasteiger partial charge on any atom is 0.355 e. The fraction of sp³-hybridized carbons (Fsp3) is 0.318. The summed E-state index contributed by atoms with van der Waals surface area (Å²) in [7, 11) is 1.72. The van der Waals surface area contributed by atoms with E-state index < -0.39 is 5.97 Å². The molecule has 0 aliphatic rings. The van der Waals surface area contributed by atoms with Gasteiger partial charge in [-0.15, -0.1) is 6.58 Å². The molecule has 1 amide bonds. The minimum absolute atomic E-state index is 0.103. The number of Topliss-reactive ketones (excluding diaryl/α,β-unsaturated/α-hetero) is 1. The number of carbonyl (C=O) groups is 3. The average molecular weight is 382 g/mol. The van der Waals surface area contributed by atoms with Gasteiger partial charge in [0.05, 0.1) is 13.2 Å². The summed E-state index contributed by atoms with van der Waals surface area (Å²) in [5.74, 6) is -0.939. The SMILES string of the molecule is C=CCN(CC(=O)c1c(C)c(C(=O)OCC)n(C)c1C)C(=O)c1ccccc1. The predicted octanol–water partition coefficient (Wildman–Crippen LogP) is 3.33. The van der Waals surface area contributed by atoms with Crippen LogP contribution in [0.2, 0.25) is 0 Å². The van der Waals surface area contributed by atoms with Gasteiger partial charge in [-0.3, -0.25) is 9.59 Å². The predicted molar refractivity (Wildman–Crippen MR) is 108 cm³/mol. The van der Waals surface area contributed by atoms with E-state index in [1.54, 1.807) is 62.7 Å². The van der Waals surface area contributed by atoms with Crippen LogP contribution in [-0.2, 0) is 11.8 Å². The van der Waals surface area contributed by atoms with Crippen LogP contribution in [0.3, 0.4) is 0 Å². The van der Waals surface area contributed by atoms with Gasteiger partial charge in [-0.25, -0.2) is 4.79 Å². The summed E-state index contributed by atoms with van der Waals surface area (Å²) >= 11 is 0. The molecule has 0 saturated heterocycles. The molecule has 1 heterocycles. The highest BCUT2D eigenvalue weighted by molar-refractivity contribution is 6.06. The quantitative estimate of drug-likeness (QED) is 0.399. The summed E-state index contributed by atoms with van der Waals surface area (Å²) in [6.07, 6.45) is 1.59. The Balaban J connectivity index is 2.34. The normalized spacial score (nSPS) is 10.4. The molecule has 0 radical (unpaired) electrons. The zero-order chi connectivity index (χ0) is 20.8. The first kappa shape index (κ1) is 21.2. The fourth-order valence-corrected chi connectivity index (χ4v) is 3.27. The summed E-state index contributed by atoms with van der Waals surface area (Å²) in [5, 5.41) is 0. The van der Waals surface area contributed by atoms with E-state index in [9.17, 15) is 14.4 Å². The zero-order valence-corrected chi connectivity index (χ0v) is 16.8. The van der Waals surface area contributed by atoms with Gasteiger partial charge in [-0.1, -0.05) is 24.3 Å². The van der Waals surface area contributed by atoms with Crippen LogP contribution < -0.4 is 0 Å². The molecule has 0 fully saturated rings. The lowest BCUT2D eigenvalue weighted by atomic mass is 10.0. The molecule has 0 aliphatic heterocycles. The van der Waals surface area contributed by atoms with Crippen molar-refractivity contribution in [3.8, 4) is 0 Å². The van der Waals surface area contributed by atoms with Gasteiger partial charge < -0.3 is 14.2 Å². The Bertz CT molecular complexity index is 897.